The molecule has 1 atom stereocenters. The number of allylic oxidation sites excluding steroid dienone is 1. The smallest absolute Gasteiger partial charge is 0.162 e. The minimum Gasteiger partial charge on any atom is -0.493 e. The lowest BCUT2D eigenvalue weighted by atomic mass is 10.0. The summed E-state index contributed by atoms with van der Waals surface area (Å²) in [6, 6.07) is 7.34. The van der Waals surface area contributed by atoms with Gasteiger partial charge in [0.1, 0.15) is 6.10 Å². The summed E-state index contributed by atoms with van der Waals surface area (Å²) in [4.78, 5) is 11.1. The van der Waals surface area contributed by atoms with Gasteiger partial charge in [-0.05, 0) is 17.7 Å². The summed E-state index contributed by atoms with van der Waals surface area (Å²) < 4.78 is 5.33. The van der Waals surface area contributed by atoms with Gasteiger partial charge in [0.05, 0.1) is 12.7 Å². The average molecular weight is 209 g/mol. The van der Waals surface area contributed by atoms with Crippen LogP contribution in [-0.4, -0.2) is 5.78 Å². The van der Waals surface area contributed by atoms with Crippen molar-refractivity contribution in [1.29, 1.82) is 0 Å². The molecule has 0 spiro atoms. The van der Waals surface area contributed by atoms with Crippen LogP contribution in [0.1, 0.15) is 18.1 Å². The standard InChI is InChI=1S/C11H9ClO2/c12-9-3-1-8(2-4-9)11-7-10(13)5-6-14-11/h1-6,11H,7H2/t11-/m1/s1. The van der Waals surface area contributed by atoms with Crippen molar-refractivity contribution in [1.82, 2.24) is 0 Å². The van der Waals surface area contributed by atoms with E-state index in [1.807, 2.05) is 12.1 Å². The average Bonchev–Trinajstić information content (AvgIpc) is 2.19. The molecule has 1 aliphatic rings. The molecule has 2 nitrogen and oxygen atoms in total. The molecule has 1 aromatic carbocycles. The van der Waals surface area contributed by atoms with Gasteiger partial charge in [0.25, 0.3) is 0 Å². The lowest BCUT2D eigenvalue weighted by Gasteiger charge is -2.18. The van der Waals surface area contributed by atoms with Crippen LogP contribution in [0.5, 0.6) is 0 Å². The van der Waals surface area contributed by atoms with Gasteiger partial charge in [-0.1, -0.05) is 23.7 Å². The first-order valence-electron chi connectivity index (χ1n) is 4.36. The third-order valence-electron chi connectivity index (χ3n) is 2.13. The maximum absolute atomic E-state index is 11.1. The van der Waals surface area contributed by atoms with Crippen LogP contribution in [0.2, 0.25) is 5.02 Å². The Bertz CT molecular complexity index is 367. The molecule has 72 valence electrons. The van der Waals surface area contributed by atoms with Crippen LogP contribution in [0.15, 0.2) is 36.6 Å². The van der Waals surface area contributed by atoms with Gasteiger partial charge in [-0.3, -0.25) is 4.79 Å². The highest BCUT2D eigenvalue weighted by molar-refractivity contribution is 6.30. The Balaban J connectivity index is 2.19. The molecular weight excluding hydrogens is 200 g/mol. The van der Waals surface area contributed by atoms with E-state index in [-0.39, 0.29) is 11.9 Å². The van der Waals surface area contributed by atoms with Gasteiger partial charge < -0.3 is 4.74 Å². The molecule has 0 aromatic heterocycles. The van der Waals surface area contributed by atoms with Crippen molar-refractivity contribution in [2.75, 3.05) is 0 Å². The van der Waals surface area contributed by atoms with E-state index in [2.05, 4.69) is 0 Å². The maximum Gasteiger partial charge on any atom is 0.162 e. The van der Waals surface area contributed by atoms with Gasteiger partial charge in [-0.2, -0.15) is 0 Å². The number of benzene rings is 1. The summed E-state index contributed by atoms with van der Waals surface area (Å²) in [5, 5.41) is 0.687. The third-order valence-corrected chi connectivity index (χ3v) is 2.38. The van der Waals surface area contributed by atoms with Crippen molar-refractivity contribution in [3.8, 4) is 0 Å². The highest BCUT2D eigenvalue weighted by atomic mass is 35.5. The van der Waals surface area contributed by atoms with Crippen LogP contribution in [0, 0.1) is 0 Å². The molecule has 0 unspecified atom stereocenters. The van der Waals surface area contributed by atoms with Crippen molar-refractivity contribution < 1.29 is 9.53 Å². The van der Waals surface area contributed by atoms with Gasteiger partial charge >= 0.3 is 0 Å². The molecule has 2 rings (SSSR count). The summed E-state index contributed by atoms with van der Waals surface area (Å²) in [6.07, 6.45) is 3.14. The fourth-order valence-corrected chi connectivity index (χ4v) is 1.51. The van der Waals surface area contributed by atoms with Crippen LogP contribution in [0.25, 0.3) is 0 Å². The Morgan fingerprint density at radius 3 is 2.64 bits per heavy atom. The summed E-state index contributed by atoms with van der Waals surface area (Å²) >= 11 is 5.76. The van der Waals surface area contributed by atoms with Crippen molar-refractivity contribution in [3.63, 3.8) is 0 Å². The van der Waals surface area contributed by atoms with E-state index in [0.717, 1.165) is 5.56 Å². The van der Waals surface area contributed by atoms with Crippen LogP contribution in [-0.2, 0) is 9.53 Å². The molecule has 0 radical (unpaired) electrons. The number of hydrogen-bond acceptors (Lipinski definition) is 2. The minimum atomic E-state index is -0.162. The van der Waals surface area contributed by atoms with E-state index in [4.69, 9.17) is 16.3 Å². The number of ether oxygens (including phenoxy) is 1. The number of carbonyl (C=O) groups excluding carboxylic acids is 1. The first-order valence-corrected chi connectivity index (χ1v) is 4.74. The molecule has 1 aliphatic heterocycles. The number of ketones is 1. The zero-order chi connectivity index (χ0) is 9.97. The fraction of sp³-hybridized carbons (Fsp3) is 0.182. The lowest BCUT2D eigenvalue weighted by molar-refractivity contribution is -0.118. The van der Waals surface area contributed by atoms with Crippen LogP contribution < -0.4 is 0 Å². The van der Waals surface area contributed by atoms with Gasteiger partial charge in [0, 0.05) is 11.1 Å². The Morgan fingerprint density at radius 2 is 2.00 bits per heavy atom. The molecular formula is C11H9ClO2. The Hall–Kier alpha value is -1.28. The first-order chi connectivity index (χ1) is 6.75. The number of carbonyl (C=O) groups is 1. The largest absolute Gasteiger partial charge is 0.493 e. The molecule has 0 aliphatic carbocycles. The molecule has 1 heterocycles. The summed E-state index contributed by atoms with van der Waals surface area (Å²) in [6.45, 7) is 0. The van der Waals surface area contributed by atoms with E-state index in [9.17, 15) is 4.79 Å². The number of hydrogen-bond donors (Lipinski definition) is 0. The van der Waals surface area contributed by atoms with E-state index in [1.165, 1.54) is 12.3 Å². The molecule has 0 amide bonds. The van der Waals surface area contributed by atoms with E-state index >= 15 is 0 Å². The highest BCUT2D eigenvalue weighted by Crippen LogP contribution is 2.25. The lowest BCUT2D eigenvalue weighted by Crippen LogP contribution is -2.10. The quantitative estimate of drug-likeness (QED) is 0.710. The Morgan fingerprint density at radius 1 is 1.29 bits per heavy atom. The Kier molecular flexibility index (Phi) is 2.55. The molecule has 0 saturated carbocycles. The van der Waals surface area contributed by atoms with Crippen molar-refractivity contribution in [2.24, 2.45) is 0 Å². The molecule has 0 bridgehead atoms. The van der Waals surface area contributed by atoms with Crippen LogP contribution in [0.4, 0.5) is 0 Å². The zero-order valence-corrected chi connectivity index (χ0v) is 8.20. The monoisotopic (exact) mass is 208 g/mol. The molecule has 0 N–H and O–H groups in total. The fourth-order valence-electron chi connectivity index (χ4n) is 1.38. The van der Waals surface area contributed by atoms with Crippen molar-refractivity contribution in [3.05, 3.63) is 47.2 Å². The minimum absolute atomic E-state index is 0.0937. The summed E-state index contributed by atoms with van der Waals surface area (Å²) in [5.41, 5.74) is 0.979. The molecule has 0 fully saturated rings. The van der Waals surface area contributed by atoms with E-state index < -0.39 is 0 Å². The predicted octanol–water partition coefficient (Wildman–Crippen LogP) is 2.88. The van der Waals surface area contributed by atoms with Gasteiger partial charge in [-0.15, -0.1) is 0 Å². The summed E-state index contributed by atoms with van der Waals surface area (Å²) in [7, 11) is 0. The second-order valence-electron chi connectivity index (χ2n) is 3.15. The summed E-state index contributed by atoms with van der Waals surface area (Å²) in [5.74, 6) is 0.0937. The second-order valence-corrected chi connectivity index (χ2v) is 3.59. The van der Waals surface area contributed by atoms with Crippen molar-refractivity contribution in [2.45, 2.75) is 12.5 Å². The third kappa shape index (κ3) is 1.96. The molecule has 14 heavy (non-hydrogen) atoms. The number of rotatable bonds is 1. The maximum atomic E-state index is 11.1. The molecule has 1 aromatic rings. The van der Waals surface area contributed by atoms with Crippen LogP contribution >= 0.6 is 11.6 Å². The number of halogens is 1. The normalized spacial score (nSPS) is 20.6. The second kappa shape index (κ2) is 3.84. The van der Waals surface area contributed by atoms with E-state index in [1.54, 1.807) is 12.1 Å². The highest BCUT2D eigenvalue weighted by Gasteiger charge is 2.18. The van der Waals surface area contributed by atoms with E-state index in [0.29, 0.717) is 11.4 Å². The topological polar surface area (TPSA) is 26.3 Å². The van der Waals surface area contributed by atoms with Crippen molar-refractivity contribution >= 4 is 17.4 Å². The first kappa shape index (κ1) is 9.28. The van der Waals surface area contributed by atoms with Gasteiger partial charge in [-0.25, -0.2) is 0 Å². The van der Waals surface area contributed by atoms with Gasteiger partial charge in [0.2, 0.25) is 0 Å². The van der Waals surface area contributed by atoms with Gasteiger partial charge in [0.15, 0.2) is 5.78 Å². The Labute approximate surface area is 87.1 Å². The predicted molar refractivity (Wildman–Crippen MR) is 54.0 cm³/mol. The zero-order valence-electron chi connectivity index (χ0n) is 7.44. The van der Waals surface area contributed by atoms with Crippen LogP contribution in [0.3, 0.4) is 0 Å². The molecule has 0 saturated heterocycles. The SMILES string of the molecule is O=C1C=CO[C@@H](c2ccc(Cl)cc2)C1. The molecule has 3 heteroatoms.